The van der Waals surface area contributed by atoms with Gasteiger partial charge in [-0.1, -0.05) is 42.0 Å². The van der Waals surface area contributed by atoms with Crippen LogP contribution in [0.15, 0.2) is 60.5 Å². The zero-order chi connectivity index (χ0) is 13.5. The molecule has 0 radical (unpaired) electrons. The monoisotopic (exact) mass is 239 g/mol. The first-order chi connectivity index (χ1) is 8.54. The summed E-state index contributed by atoms with van der Waals surface area (Å²) in [5, 5.41) is 0. The highest BCUT2D eigenvalue weighted by molar-refractivity contribution is 5.74. The lowest BCUT2D eigenvalue weighted by molar-refractivity contribution is 1.25. The maximum Gasteiger partial charge on any atom is 0.0346 e. The second-order valence-corrected chi connectivity index (χ2v) is 4.62. The van der Waals surface area contributed by atoms with Crippen molar-refractivity contribution in [3.8, 4) is 0 Å². The van der Waals surface area contributed by atoms with E-state index in [1.807, 2.05) is 25.4 Å². The second kappa shape index (κ2) is 6.75. The molecule has 0 aromatic carbocycles. The summed E-state index contributed by atoms with van der Waals surface area (Å²) in [6.07, 6.45) is 11.8. The molecule has 0 spiro atoms. The second-order valence-electron chi connectivity index (χ2n) is 4.62. The highest BCUT2D eigenvalue weighted by Crippen LogP contribution is 2.16. The van der Waals surface area contributed by atoms with Crippen LogP contribution in [0.3, 0.4) is 0 Å². The quantitative estimate of drug-likeness (QED) is 0.683. The van der Waals surface area contributed by atoms with E-state index < -0.39 is 0 Å². The van der Waals surface area contributed by atoms with Gasteiger partial charge < -0.3 is 0 Å². The van der Waals surface area contributed by atoms with Gasteiger partial charge in [-0.2, -0.15) is 0 Å². The van der Waals surface area contributed by atoms with E-state index in [0.29, 0.717) is 0 Å². The largest absolute Gasteiger partial charge is 0.264 e. The Morgan fingerprint density at radius 1 is 1.22 bits per heavy atom. The summed E-state index contributed by atoms with van der Waals surface area (Å²) < 4.78 is 0. The number of aromatic nitrogens is 1. The van der Waals surface area contributed by atoms with Crippen LogP contribution in [-0.4, -0.2) is 4.98 Å². The molecule has 0 saturated carbocycles. The van der Waals surface area contributed by atoms with E-state index >= 15 is 0 Å². The Labute approximate surface area is 110 Å². The number of allylic oxidation sites excluding steroid dienone is 7. The smallest absolute Gasteiger partial charge is 0.0346 e. The summed E-state index contributed by atoms with van der Waals surface area (Å²) >= 11 is 0. The van der Waals surface area contributed by atoms with E-state index in [2.05, 4.69) is 56.6 Å². The lowest BCUT2D eigenvalue weighted by Gasteiger charge is -2.02. The number of hydrogen-bond donors (Lipinski definition) is 0. The average Bonchev–Trinajstić information content (AvgIpc) is 2.34. The highest BCUT2D eigenvalue weighted by atomic mass is 14.6. The molecule has 1 aromatic heterocycles. The predicted molar refractivity (Wildman–Crippen MR) is 80.3 cm³/mol. The first-order valence-corrected chi connectivity index (χ1v) is 6.11. The zero-order valence-corrected chi connectivity index (χ0v) is 11.7. The van der Waals surface area contributed by atoms with Crippen LogP contribution in [-0.2, 0) is 0 Å². The van der Waals surface area contributed by atoms with Gasteiger partial charge in [-0.05, 0) is 44.9 Å². The number of pyridine rings is 1. The third-order valence-corrected chi connectivity index (χ3v) is 2.84. The summed E-state index contributed by atoms with van der Waals surface area (Å²) in [6, 6.07) is 2.11. The van der Waals surface area contributed by atoms with Crippen LogP contribution >= 0.6 is 0 Å². The molecule has 18 heavy (non-hydrogen) atoms. The number of nitrogens with zero attached hydrogens (tertiary/aromatic N) is 1. The normalized spacial score (nSPS) is 11.7. The van der Waals surface area contributed by atoms with Crippen LogP contribution in [0.5, 0.6) is 0 Å². The molecule has 0 bridgehead atoms. The molecular weight excluding hydrogens is 218 g/mol. The fraction of sp³-hybridized carbons (Fsp3) is 0.235. The average molecular weight is 239 g/mol. The fourth-order valence-electron chi connectivity index (χ4n) is 1.46. The molecule has 1 heterocycles. The third kappa shape index (κ3) is 4.17. The minimum Gasteiger partial charge on any atom is -0.264 e. The van der Waals surface area contributed by atoms with E-state index in [-0.39, 0.29) is 0 Å². The lowest BCUT2D eigenvalue weighted by atomic mass is 10.1. The summed E-state index contributed by atoms with van der Waals surface area (Å²) in [6.45, 7) is 12.2. The first-order valence-electron chi connectivity index (χ1n) is 6.11. The maximum atomic E-state index is 4.20. The van der Waals surface area contributed by atoms with Crippen molar-refractivity contribution >= 4 is 5.57 Å². The van der Waals surface area contributed by atoms with Gasteiger partial charge in [0.1, 0.15) is 0 Å². The van der Waals surface area contributed by atoms with Crippen molar-refractivity contribution < 1.29 is 0 Å². The molecule has 1 rings (SSSR count). The Morgan fingerprint density at radius 3 is 2.50 bits per heavy atom. The molecule has 0 unspecified atom stereocenters. The molecule has 1 nitrogen and oxygen atoms in total. The van der Waals surface area contributed by atoms with E-state index in [9.17, 15) is 0 Å². The topological polar surface area (TPSA) is 12.9 Å². The number of hydrogen-bond acceptors (Lipinski definition) is 1. The standard InChI is InChI=1S/C17H21N/c1-6-16(9-7-8-15(5)13(2)3)17-10-14(4)11-18-12-17/h6-12H,1H2,2-5H3/b8-7-,16-9+. The fourth-order valence-corrected chi connectivity index (χ4v) is 1.46. The van der Waals surface area contributed by atoms with Crippen molar-refractivity contribution in [3.63, 3.8) is 0 Å². The molecule has 0 atom stereocenters. The van der Waals surface area contributed by atoms with E-state index in [1.165, 1.54) is 11.1 Å². The minimum atomic E-state index is 1.09. The number of rotatable bonds is 4. The zero-order valence-electron chi connectivity index (χ0n) is 11.7. The molecule has 0 aliphatic carbocycles. The van der Waals surface area contributed by atoms with Gasteiger partial charge in [0, 0.05) is 18.0 Å². The van der Waals surface area contributed by atoms with Crippen molar-refractivity contribution in [2.45, 2.75) is 27.7 Å². The van der Waals surface area contributed by atoms with Gasteiger partial charge in [-0.3, -0.25) is 4.98 Å². The summed E-state index contributed by atoms with van der Waals surface area (Å²) in [5.74, 6) is 0. The molecule has 0 amide bonds. The highest BCUT2D eigenvalue weighted by Gasteiger charge is 1.96. The Kier molecular flexibility index (Phi) is 5.31. The van der Waals surface area contributed by atoms with Crippen LogP contribution < -0.4 is 0 Å². The van der Waals surface area contributed by atoms with Crippen molar-refractivity contribution in [3.05, 3.63) is 71.6 Å². The van der Waals surface area contributed by atoms with Crippen LogP contribution in [0.25, 0.3) is 5.57 Å². The molecule has 0 saturated heterocycles. The van der Waals surface area contributed by atoms with E-state index in [0.717, 1.165) is 16.7 Å². The first kappa shape index (κ1) is 14.2. The molecule has 0 aliphatic heterocycles. The van der Waals surface area contributed by atoms with Gasteiger partial charge in [-0.25, -0.2) is 0 Å². The SMILES string of the molecule is C=C/C(=C\C=C/C(C)=C(C)C)c1cncc(C)c1. The summed E-state index contributed by atoms with van der Waals surface area (Å²) in [4.78, 5) is 4.20. The Bertz CT molecular complexity index is 512. The van der Waals surface area contributed by atoms with Crippen molar-refractivity contribution in [2.24, 2.45) is 0 Å². The minimum absolute atomic E-state index is 1.09. The van der Waals surface area contributed by atoms with E-state index in [4.69, 9.17) is 0 Å². The van der Waals surface area contributed by atoms with Crippen LogP contribution in [0, 0.1) is 6.92 Å². The van der Waals surface area contributed by atoms with Crippen LogP contribution in [0.1, 0.15) is 31.9 Å². The van der Waals surface area contributed by atoms with Gasteiger partial charge in [0.15, 0.2) is 0 Å². The van der Waals surface area contributed by atoms with Crippen LogP contribution in [0.4, 0.5) is 0 Å². The summed E-state index contributed by atoms with van der Waals surface area (Å²) in [5.41, 5.74) is 5.97. The Balaban J connectivity index is 2.98. The molecule has 0 aliphatic rings. The Morgan fingerprint density at radius 2 is 1.94 bits per heavy atom. The van der Waals surface area contributed by atoms with Gasteiger partial charge in [0.05, 0.1) is 0 Å². The molecule has 0 fully saturated rings. The third-order valence-electron chi connectivity index (χ3n) is 2.84. The molecule has 0 N–H and O–H groups in total. The van der Waals surface area contributed by atoms with Crippen LogP contribution in [0.2, 0.25) is 0 Å². The van der Waals surface area contributed by atoms with Gasteiger partial charge >= 0.3 is 0 Å². The molecule has 94 valence electrons. The van der Waals surface area contributed by atoms with E-state index in [1.54, 1.807) is 0 Å². The molecule has 1 heteroatoms. The number of aryl methyl sites for hydroxylation is 1. The molecular formula is C17H21N. The van der Waals surface area contributed by atoms with Crippen molar-refractivity contribution in [1.29, 1.82) is 0 Å². The van der Waals surface area contributed by atoms with Crippen molar-refractivity contribution in [2.75, 3.05) is 0 Å². The molecule has 1 aromatic rings. The van der Waals surface area contributed by atoms with Gasteiger partial charge in [0.25, 0.3) is 0 Å². The maximum absolute atomic E-state index is 4.20. The van der Waals surface area contributed by atoms with Crippen molar-refractivity contribution in [1.82, 2.24) is 4.98 Å². The van der Waals surface area contributed by atoms with Gasteiger partial charge in [-0.15, -0.1) is 0 Å². The Hall–Kier alpha value is -1.89. The summed E-state index contributed by atoms with van der Waals surface area (Å²) in [7, 11) is 0. The lowest BCUT2D eigenvalue weighted by Crippen LogP contribution is -1.84. The van der Waals surface area contributed by atoms with Gasteiger partial charge in [0.2, 0.25) is 0 Å². The predicted octanol–water partition coefficient (Wildman–Crippen LogP) is 4.87.